The second kappa shape index (κ2) is 11.6. The fourth-order valence-electron chi connectivity index (χ4n) is 7.88. The Labute approximate surface area is 256 Å². The minimum atomic E-state index is -0.684. The number of allylic oxidation sites excluding steroid dienone is 6. The molecule has 3 fully saturated rings. The van der Waals surface area contributed by atoms with Crippen molar-refractivity contribution in [3.8, 4) is 0 Å². The number of Topliss-reactive ketones (excluding diaryl/α,β-unsaturated/α-hetero) is 1. The fraction of sp³-hybridized carbons (Fsp3) is 0.606. The topological polar surface area (TPSA) is 151 Å². The summed E-state index contributed by atoms with van der Waals surface area (Å²) < 4.78 is 0. The van der Waals surface area contributed by atoms with Crippen molar-refractivity contribution in [3.05, 3.63) is 35.6 Å². The Kier molecular flexibility index (Phi) is 7.92. The molecular weight excluding hydrogens is 566 g/mol. The summed E-state index contributed by atoms with van der Waals surface area (Å²) in [5, 5.41) is 11.4. The number of hydroxylamine groups is 2. The van der Waals surface area contributed by atoms with E-state index in [-0.39, 0.29) is 96.8 Å². The third-order valence-electron chi connectivity index (χ3n) is 9.99. The predicted molar refractivity (Wildman–Crippen MR) is 156 cm³/mol. The van der Waals surface area contributed by atoms with Crippen LogP contribution in [0.1, 0.15) is 71.6 Å². The van der Waals surface area contributed by atoms with Crippen LogP contribution in [-0.2, 0) is 33.6 Å². The SMILES string of the molecule is CC1(C)CC(=O)C(C(CCCN2C(=O)C3C4C=CC(C5C=CC54)C3C2=O)=NCCCCC(=O)ON2C(=O)CCC2=O)=C(O)C1. The molecule has 7 rings (SSSR count). The number of aliphatic hydroxyl groups is 1. The van der Waals surface area contributed by atoms with Crippen LogP contribution >= 0.6 is 0 Å². The van der Waals surface area contributed by atoms with Gasteiger partial charge in [0.15, 0.2) is 5.78 Å². The number of rotatable bonds is 11. The number of ketones is 1. The van der Waals surface area contributed by atoms with Crippen LogP contribution in [0.2, 0.25) is 0 Å². The van der Waals surface area contributed by atoms with E-state index >= 15 is 0 Å². The molecule has 6 atom stereocenters. The van der Waals surface area contributed by atoms with Crippen LogP contribution in [0.25, 0.3) is 0 Å². The molecule has 1 N–H and O–H groups in total. The first-order valence-corrected chi connectivity index (χ1v) is 15.7. The van der Waals surface area contributed by atoms with Gasteiger partial charge in [-0.15, -0.1) is 5.06 Å². The molecule has 7 aliphatic rings. The van der Waals surface area contributed by atoms with Crippen LogP contribution in [0.4, 0.5) is 0 Å². The number of likely N-dealkylation sites (tertiary alicyclic amines) is 1. The summed E-state index contributed by atoms with van der Waals surface area (Å²) in [5.74, 6) is -1.97. The summed E-state index contributed by atoms with van der Waals surface area (Å²) in [6.07, 6.45) is 10.8. The highest BCUT2D eigenvalue weighted by atomic mass is 16.7. The van der Waals surface area contributed by atoms with E-state index in [0.29, 0.717) is 54.7 Å². The fourth-order valence-corrected chi connectivity index (χ4v) is 7.88. The molecule has 0 aromatic heterocycles. The molecule has 2 aliphatic heterocycles. The Morgan fingerprint density at radius 3 is 2.02 bits per heavy atom. The highest BCUT2D eigenvalue weighted by molar-refractivity contribution is 6.23. The van der Waals surface area contributed by atoms with E-state index in [1.807, 2.05) is 13.8 Å². The number of hydrogen-bond acceptors (Lipinski definition) is 9. The van der Waals surface area contributed by atoms with E-state index in [9.17, 15) is 33.9 Å². The van der Waals surface area contributed by atoms with E-state index in [0.717, 1.165) is 0 Å². The summed E-state index contributed by atoms with van der Waals surface area (Å²) >= 11 is 0. The molecule has 11 heteroatoms. The Hall–Kier alpha value is -3.89. The number of unbranched alkanes of at least 4 members (excludes halogenated alkanes) is 1. The molecule has 0 aromatic rings. The number of nitrogens with zero attached hydrogens (tertiary/aromatic N) is 3. The van der Waals surface area contributed by atoms with Crippen LogP contribution in [0.15, 0.2) is 40.6 Å². The van der Waals surface area contributed by atoms with Gasteiger partial charge < -0.3 is 9.94 Å². The number of carbonyl (C=O) groups excluding carboxylic acids is 6. The third kappa shape index (κ3) is 5.34. The van der Waals surface area contributed by atoms with Crippen LogP contribution in [0, 0.1) is 40.9 Å². The number of hydrogen-bond donors (Lipinski definition) is 1. The zero-order valence-electron chi connectivity index (χ0n) is 25.2. The van der Waals surface area contributed by atoms with Gasteiger partial charge in [0.25, 0.3) is 11.8 Å². The Bertz CT molecular complexity index is 1380. The average molecular weight is 606 g/mol. The van der Waals surface area contributed by atoms with E-state index in [1.54, 1.807) is 0 Å². The monoisotopic (exact) mass is 605 g/mol. The number of aliphatic hydroxyl groups excluding tert-OH is 1. The Morgan fingerprint density at radius 2 is 1.45 bits per heavy atom. The molecule has 2 saturated heterocycles. The molecule has 0 aromatic carbocycles. The Morgan fingerprint density at radius 1 is 0.864 bits per heavy atom. The molecule has 2 bridgehead atoms. The first-order valence-electron chi connectivity index (χ1n) is 15.7. The van der Waals surface area contributed by atoms with E-state index in [1.165, 1.54) is 4.90 Å². The quantitative estimate of drug-likeness (QED) is 0.163. The summed E-state index contributed by atoms with van der Waals surface area (Å²) in [6.45, 7) is 4.34. The lowest BCUT2D eigenvalue weighted by molar-refractivity contribution is -0.197. The second-order valence-corrected chi connectivity index (χ2v) is 13.7. The van der Waals surface area contributed by atoms with Gasteiger partial charge in [-0.05, 0) is 54.8 Å². The molecule has 2 heterocycles. The molecule has 0 spiro atoms. The first-order chi connectivity index (χ1) is 21.0. The molecule has 6 unspecified atom stereocenters. The summed E-state index contributed by atoms with van der Waals surface area (Å²) in [6, 6.07) is 0. The van der Waals surface area contributed by atoms with Crippen molar-refractivity contribution in [1.82, 2.24) is 9.96 Å². The van der Waals surface area contributed by atoms with Crippen LogP contribution in [0.5, 0.6) is 0 Å². The van der Waals surface area contributed by atoms with Crippen molar-refractivity contribution in [2.45, 2.75) is 71.6 Å². The normalized spacial score (nSPS) is 32.0. The van der Waals surface area contributed by atoms with Crippen molar-refractivity contribution in [2.75, 3.05) is 13.1 Å². The van der Waals surface area contributed by atoms with E-state index in [4.69, 9.17) is 4.84 Å². The molecule has 0 radical (unpaired) electrons. The summed E-state index contributed by atoms with van der Waals surface area (Å²) in [5.41, 5.74) is 0.285. The number of imide groups is 2. The molecule has 11 nitrogen and oxygen atoms in total. The average Bonchev–Trinajstić information content (AvgIpc) is 3.37. The molecule has 44 heavy (non-hydrogen) atoms. The van der Waals surface area contributed by atoms with Gasteiger partial charge in [-0.2, -0.15) is 0 Å². The van der Waals surface area contributed by atoms with Gasteiger partial charge >= 0.3 is 5.97 Å². The van der Waals surface area contributed by atoms with Crippen LogP contribution in [0.3, 0.4) is 0 Å². The van der Waals surface area contributed by atoms with Gasteiger partial charge in [0.2, 0.25) is 11.8 Å². The van der Waals surface area contributed by atoms with Crippen molar-refractivity contribution >= 4 is 41.1 Å². The summed E-state index contributed by atoms with van der Waals surface area (Å²) in [7, 11) is 0. The minimum absolute atomic E-state index is 0.00139. The lowest BCUT2D eigenvalue weighted by Gasteiger charge is -2.51. The smallest absolute Gasteiger partial charge is 0.333 e. The van der Waals surface area contributed by atoms with Gasteiger partial charge in [0.05, 0.1) is 17.4 Å². The lowest BCUT2D eigenvalue weighted by Crippen LogP contribution is -2.50. The van der Waals surface area contributed by atoms with Gasteiger partial charge in [-0.1, -0.05) is 38.2 Å². The molecule has 1 saturated carbocycles. The summed E-state index contributed by atoms with van der Waals surface area (Å²) in [4.78, 5) is 86.4. The highest BCUT2D eigenvalue weighted by Crippen LogP contribution is 2.58. The Balaban J connectivity index is 1.08. The second-order valence-electron chi connectivity index (χ2n) is 13.7. The standard InChI is InChI=1S/C33H39N3O8/c1-33(2)16-23(37)30(24(38)17-33)22(34-14-4-3-7-27(41)44-36-25(39)12-13-26(36)40)6-5-15-35-31(42)28-20-10-11-21(29(28)32(35)43)19-9-8-18(19)20/h8-11,18-21,28-29,37H,3-7,12-17H2,1-2H3. The van der Waals surface area contributed by atoms with Gasteiger partial charge in [-0.3, -0.25) is 33.9 Å². The van der Waals surface area contributed by atoms with Crippen molar-refractivity contribution in [3.63, 3.8) is 0 Å². The largest absolute Gasteiger partial charge is 0.511 e. The minimum Gasteiger partial charge on any atom is -0.511 e. The zero-order valence-corrected chi connectivity index (χ0v) is 25.2. The molecule has 234 valence electrons. The van der Waals surface area contributed by atoms with Crippen LogP contribution in [-0.4, -0.2) is 69.3 Å². The maximum atomic E-state index is 13.4. The zero-order chi connectivity index (χ0) is 31.3. The van der Waals surface area contributed by atoms with Crippen molar-refractivity contribution in [1.29, 1.82) is 0 Å². The molecular formula is C33H39N3O8. The predicted octanol–water partition coefficient (Wildman–Crippen LogP) is 3.41. The van der Waals surface area contributed by atoms with Gasteiger partial charge in [0, 0.05) is 50.9 Å². The lowest BCUT2D eigenvalue weighted by atomic mass is 9.50. The van der Waals surface area contributed by atoms with Gasteiger partial charge in [-0.25, -0.2) is 4.79 Å². The maximum absolute atomic E-state index is 13.4. The highest BCUT2D eigenvalue weighted by Gasteiger charge is 2.62. The van der Waals surface area contributed by atoms with Crippen molar-refractivity contribution in [2.24, 2.45) is 45.9 Å². The van der Waals surface area contributed by atoms with Crippen LogP contribution < -0.4 is 0 Å². The number of amides is 4. The number of aliphatic imine (C=N–C) groups is 1. The van der Waals surface area contributed by atoms with E-state index in [2.05, 4.69) is 29.3 Å². The van der Waals surface area contributed by atoms with Gasteiger partial charge in [0.1, 0.15) is 5.76 Å². The molecule has 4 amide bonds. The molecule has 5 aliphatic carbocycles. The van der Waals surface area contributed by atoms with E-state index < -0.39 is 17.8 Å². The number of carbonyl (C=O) groups is 6. The third-order valence-corrected chi connectivity index (χ3v) is 9.99. The first kappa shape index (κ1) is 30.1. The maximum Gasteiger partial charge on any atom is 0.333 e. The van der Waals surface area contributed by atoms with Crippen molar-refractivity contribution < 1.29 is 38.7 Å².